The molecule has 148 valence electrons. The molecule has 0 bridgehead atoms. The maximum Gasteiger partial charge on any atom is 0.191 e. The van der Waals surface area contributed by atoms with Crippen molar-refractivity contribution in [3.8, 4) is 0 Å². The lowest BCUT2D eigenvalue weighted by molar-refractivity contribution is 0.0389. The Labute approximate surface area is 171 Å². The molecular weight excluding hydrogens is 429 g/mol. The van der Waals surface area contributed by atoms with Crippen molar-refractivity contribution in [2.24, 2.45) is 10.9 Å². The van der Waals surface area contributed by atoms with Crippen molar-refractivity contribution in [1.82, 2.24) is 20.4 Å². The van der Waals surface area contributed by atoms with Crippen LogP contribution in [-0.2, 0) is 4.74 Å². The monoisotopic (exact) mass is 467 g/mol. The van der Waals surface area contributed by atoms with Crippen LogP contribution in [0.5, 0.6) is 0 Å². The van der Waals surface area contributed by atoms with Crippen molar-refractivity contribution in [2.75, 3.05) is 65.6 Å². The maximum absolute atomic E-state index is 5.39. The highest BCUT2D eigenvalue weighted by Gasteiger charge is 2.21. The highest BCUT2D eigenvalue weighted by Crippen LogP contribution is 2.18. The molecule has 0 saturated carbocycles. The molecule has 2 N–H and O–H groups in total. The molecule has 0 aromatic rings. The summed E-state index contributed by atoms with van der Waals surface area (Å²) in [5.41, 5.74) is 0. The molecule has 2 fully saturated rings. The van der Waals surface area contributed by atoms with E-state index < -0.39 is 0 Å². The van der Waals surface area contributed by atoms with Crippen LogP contribution in [0.4, 0.5) is 0 Å². The van der Waals surface area contributed by atoms with E-state index >= 15 is 0 Å². The lowest BCUT2D eigenvalue weighted by Gasteiger charge is -2.34. The van der Waals surface area contributed by atoms with Crippen LogP contribution >= 0.6 is 24.0 Å². The average Bonchev–Trinajstić information content (AvgIpc) is 2.61. The Hall–Kier alpha value is -0.120. The van der Waals surface area contributed by atoms with Gasteiger partial charge in [-0.2, -0.15) is 0 Å². The van der Waals surface area contributed by atoms with Crippen LogP contribution in [0.1, 0.15) is 33.6 Å². The number of guanidine groups is 1. The number of nitrogens with one attached hydrogen (secondary N) is 2. The second-order valence-electron chi connectivity index (χ2n) is 7.20. The zero-order valence-electron chi connectivity index (χ0n) is 16.3. The van der Waals surface area contributed by atoms with E-state index in [2.05, 4.69) is 41.2 Å². The molecule has 0 aromatic heterocycles. The van der Waals surface area contributed by atoms with E-state index in [1.54, 1.807) is 0 Å². The Bertz CT molecular complexity index is 374. The topological polar surface area (TPSA) is 52.1 Å². The Morgan fingerprint density at radius 1 is 1.20 bits per heavy atom. The molecule has 0 amide bonds. The van der Waals surface area contributed by atoms with E-state index in [1.807, 2.05) is 0 Å². The standard InChI is InChI=1S/C18H37N5O.HI/c1-4-19-18(20-7-9-22-10-12-24-13-11-22)21-14-17-6-5-8-23(15-17)16(2)3;/h16-17H,4-15H2,1-3H3,(H2,19,20,21);1H. The lowest BCUT2D eigenvalue weighted by Crippen LogP contribution is -2.45. The van der Waals surface area contributed by atoms with Gasteiger partial charge < -0.3 is 20.3 Å². The summed E-state index contributed by atoms with van der Waals surface area (Å²) in [4.78, 5) is 9.87. The highest BCUT2D eigenvalue weighted by atomic mass is 127. The zero-order valence-corrected chi connectivity index (χ0v) is 18.6. The van der Waals surface area contributed by atoms with E-state index in [0.717, 1.165) is 58.4 Å². The van der Waals surface area contributed by atoms with Crippen LogP contribution in [0.25, 0.3) is 0 Å². The Morgan fingerprint density at radius 2 is 1.96 bits per heavy atom. The summed E-state index contributed by atoms with van der Waals surface area (Å²) in [5, 5.41) is 6.86. The predicted octanol–water partition coefficient (Wildman–Crippen LogP) is 1.61. The largest absolute Gasteiger partial charge is 0.379 e. The SMILES string of the molecule is CCNC(=NCC1CCCN(C(C)C)C1)NCCN1CCOCC1.I. The van der Waals surface area contributed by atoms with Gasteiger partial charge in [-0.25, -0.2) is 0 Å². The summed E-state index contributed by atoms with van der Waals surface area (Å²) in [7, 11) is 0. The summed E-state index contributed by atoms with van der Waals surface area (Å²) in [6, 6.07) is 0.650. The van der Waals surface area contributed by atoms with Gasteiger partial charge in [-0.05, 0) is 46.1 Å². The molecular formula is C18H38IN5O. The molecule has 0 radical (unpaired) electrons. The van der Waals surface area contributed by atoms with Gasteiger partial charge in [0.25, 0.3) is 0 Å². The summed E-state index contributed by atoms with van der Waals surface area (Å²) in [6.45, 7) is 16.8. The highest BCUT2D eigenvalue weighted by molar-refractivity contribution is 14.0. The van der Waals surface area contributed by atoms with Crippen LogP contribution in [0.2, 0.25) is 0 Å². The van der Waals surface area contributed by atoms with Crippen molar-refractivity contribution in [3.05, 3.63) is 0 Å². The molecule has 25 heavy (non-hydrogen) atoms. The summed E-state index contributed by atoms with van der Waals surface area (Å²) < 4.78 is 5.39. The quantitative estimate of drug-likeness (QED) is 0.339. The molecule has 2 aliphatic heterocycles. The third-order valence-electron chi connectivity index (χ3n) is 4.96. The molecule has 0 spiro atoms. The van der Waals surface area contributed by atoms with E-state index in [1.165, 1.54) is 25.9 Å². The third kappa shape index (κ3) is 8.88. The van der Waals surface area contributed by atoms with Crippen molar-refractivity contribution < 1.29 is 4.74 Å². The van der Waals surface area contributed by atoms with Crippen LogP contribution in [0, 0.1) is 5.92 Å². The number of nitrogens with zero attached hydrogens (tertiary/aromatic N) is 3. The molecule has 2 heterocycles. The molecule has 6 nitrogen and oxygen atoms in total. The van der Waals surface area contributed by atoms with E-state index in [-0.39, 0.29) is 24.0 Å². The van der Waals surface area contributed by atoms with Crippen LogP contribution in [0.15, 0.2) is 4.99 Å². The number of hydrogen-bond acceptors (Lipinski definition) is 4. The Morgan fingerprint density at radius 3 is 2.64 bits per heavy atom. The van der Waals surface area contributed by atoms with Gasteiger partial charge in [0.1, 0.15) is 0 Å². The lowest BCUT2D eigenvalue weighted by atomic mass is 9.97. The molecule has 1 unspecified atom stereocenters. The van der Waals surface area contributed by atoms with Crippen molar-refractivity contribution in [3.63, 3.8) is 0 Å². The summed E-state index contributed by atoms with van der Waals surface area (Å²) in [5.74, 6) is 1.66. The molecule has 0 aliphatic carbocycles. The van der Waals surface area contributed by atoms with E-state index in [4.69, 9.17) is 9.73 Å². The first-order valence-electron chi connectivity index (χ1n) is 9.75. The number of hydrogen-bond donors (Lipinski definition) is 2. The van der Waals surface area contributed by atoms with E-state index in [0.29, 0.717) is 12.0 Å². The fourth-order valence-corrected chi connectivity index (χ4v) is 3.43. The van der Waals surface area contributed by atoms with Gasteiger partial charge in [-0.3, -0.25) is 9.89 Å². The first-order valence-corrected chi connectivity index (χ1v) is 9.75. The zero-order chi connectivity index (χ0) is 17.2. The normalized spacial score (nSPS) is 23.4. The number of halogens is 1. The Balaban J connectivity index is 0.00000312. The van der Waals surface area contributed by atoms with Crippen LogP contribution < -0.4 is 10.6 Å². The van der Waals surface area contributed by atoms with E-state index in [9.17, 15) is 0 Å². The number of ether oxygens (including phenoxy) is 1. The van der Waals surface area contributed by atoms with Gasteiger partial charge >= 0.3 is 0 Å². The number of aliphatic imine (C=N–C) groups is 1. The van der Waals surface area contributed by atoms with Crippen molar-refractivity contribution in [2.45, 2.75) is 39.7 Å². The maximum atomic E-state index is 5.39. The number of piperidine rings is 1. The van der Waals surface area contributed by atoms with Gasteiger partial charge in [0.15, 0.2) is 5.96 Å². The van der Waals surface area contributed by atoms with Crippen LogP contribution in [0.3, 0.4) is 0 Å². The van der Waals surface area contributed by atoms with Gasteiger partial charge in [0.05, 0.1) is 13.2 Å². The average molecular weight is 467 g/mol. The van der Waals surface area contributed by atoms with Crippen molar-refractivity contribution in [1.29, 1.82) is 0 Å². The summed E-state index contributed by atoms with van der Waals surface area (Å²) >= 11 is 0. The first-order chi connectivity index (χ1) is 11.7. The molecule has 7 heteroatoms. The fourth-order valence-electron chi connectivity index (χ4n) is 3.43. The second kappa shape index (κ2) is 13.1. The second-order valence-corrected chi connectivity index (χ2v) is 7.20. The number of likely N-dealkylation sites (tertiary alicyclic amines) is 1. The summed E-state index contributed by atoms with van der Waals surface area (Å²) in [6.07, 6.45) is 2.61. The van der Waals surface area contributed by atoms with Gasteiger partial charge in [0.2, 0.25) is 0 Å². The minimum atomic E-state index is 0. The molecule has 0 aromatic carbocycles. The van der Waals surface area contributed by atoms with Gasteiger partial charge in [-0.15, -0.1) is 24.0 Å². The minimum absolute atomic E-state index is 0. The van der Waals surface area contributed by atoms with Gasteiger partial charge in [-0.1, -0.05) is 0 Å². The molecule has 2 saturated heterocycles. The predicted molar refractivity (Wildman–Crippen MR) is 116 cm³/mol. The van der Waals surface area contributed by atoms with Gasteiger partial charge in [0, 0.05) is 51.9 Å². The molecule has 2 rings (SSSR count). The molecule has 1 atom stereocenters. The molecule has 2 aliphatic rings. The number of morpholine rings is 1. The first kappa shape index (κ1) is 22.9. The Kier molecular flexibility index (Phi) is 12.0. The fraction of sp³-hybridized carbons (Fsp3) is 0.944. The van der Waals surface area contributed by atoms with Crippen LogP contribution in [-0.4, -0.2) is 87.4 Å². The minimum Gasteiger partial charge on any atom is -0.379 e. The van der Waals surface area contributed by atoms with Crippen molar-refractivity contribution >= 4 is 29.9 Å². The smallest absolute Gasteiger partial charge is 0.191 e. The third-order valence-corrected chi connectivity index (χ3v) is 4.96. The number of rotatable bonds is 7.